The van der Waals surface area contributed by atoms with Crippen LogP contribution in [0.1, 0.15) is 50.3 Å². The van der Waals surface area contributed by atoms with Gasteiger partial charge in [0.15, 0.2) is 11.5 Å². The van der Waals surface area contributed by atoms with Gasteiger partial charge in [0.05, 0.1) is 6.04 Å². The number of carbonyl (C=O) groups is 4. The standard InChI is InChI=1S/C27H31N3O6/c1-15(28)26(33)30-16(2)27(34)29-14-21-12-20(19-8-6-5-7-9-19)13-23-22(21)10-11-24(35-17(3)31)25(23)36-18(4)32/h5-12,15-16,20H,13-14,28H2,1-4H3,(H,29,34)(H,30,33)/t15-,16-,20?/m0/s1. The minimum atomic E-state index is -0.778. The molecule has 0 fully saturated rings. The maximum atomic E-state index is 12.7. The Kier molecular flexibility index (Phi) is 8.60. The fourth-order valence-corrected chi connectivity index (χ4v) is 4.03. The number of nitrogens with one attached hydrogen (secondary N) is 2. The summed E-state index contributed by atoms with van der Waals surface area (Å²) in [6.07, 6.45) is 2.56. The molecule has 0 aliphatic heterocycles. The third-order valence-corrected chi connectivity index (χ3v) is 5.74. The van der Waals surface area contributed by atoms with Crippen LogP contribution in [0.15, 0.2) is 48.5 Å². The van der Waals surface area contributed by atoms with E-state index in [1.807, 2.05) is 30.3 Å². The number of nitrogens with two attached hydrogens (primary N) is 1. The Morgan fingerprint density at radius 3 is 2.25 bits per heavy atom. The number of fused-ring (bicyclic) bond motifs is 1. The number of amides is 2. The van der Waals surface area contributed by atoms with Gasteiger partial charge in [-0.1, -0.05) is 42.5 Å². The van der Waals surface area contributed by atoms with E-state index in [1.54, 1.807) is 19.1 Å². The second-order valence-corrected chi connectivity index (χ2v) is 8.76. The van der Waals surface area contributed by atoms with E-state index in [-0.39, 0.29) is 29.9 Å². The second-order valence-electron chi connectivity index (χ2n) is 8.76. The molecule has 9 heteroatoms. The van der Waals surface area contributed by atoms with E-state index in [0.29, 0.717) is 12.0 Å². The van der Waals surface area contributed by atoms with Gasteiger partial charge in [0.25, 0.3) is 0 Å². The van der Waals surface area contributed by atoms with Crippen molar-refractivity contribution in [3.63, 3.8) is 0 Å². The summed E-state index contributed by atoms with van der Waals surface area (Å²) in [5.74, 6) is -1.62. The van der Waals surface area contributed by atoms with Gasteiger partial charge >= 0.3 is 11.9 Å². The third kappa shape index (κ3) is 6.57. The lowest BCUT2D eigenvalue weighted by molar-refractivity contribution is -0.134. The molecule has 9 nitrogen and oxygen atoms in total. The quantitative estimate of drug-likeness (QED) is 0.379. The van der Waals surface area contributed by atoms with Crippen LogP contribution in [-0.4, -0.2) is 42.4 Å². The van der Waals surface area contributed by atoms with Crippen LogP contribution < -0.4 is 25.8 Å². The number of esters is 2. The van der Waals surface area contributed by atoms with Gasteiger partial charge in [0.1, 0.15) is 6.04 Å². The van der Waals surface area contributed by atoms with E-state index in [9.17, 15) is 19.2 Å². The largest absolute Gasteiger partial charge is 0.423 e. The topological polar surface area (TPSA) is 137 Å². The van der Waals surface area contributed by atoms with Crippen LogP contribution in [-0.2, 0) is 25.6 Å². The fraction of sp³-hybridized carbons (Fsp3) is 0.333. The van der Waals surface area contributed by atoms with Crippen molar-refractivity contribution in [1.82, 2.24) is 10.6 Å². The zero-order chi connectivity index (χ0) is 26.4. The van der Waals surface area contributed by atoms with Crippen LogP contribution in [0, 0.1) is 0 Å². The van der Waals surface area contributed by atoms with Crippen LogP contribution in [0.4, 0.5) is 0 Å². The Morgan fingerprint density at radius 1 is 0.972 bits per heavy atom. The molecule has 36 heavy (non-hydrogen) atoms. The normalized spacial score (nSPS) is 16.0. The first-order chi connectivity index (χ1) is 17.1. The molecule has 0 aromatic heterocycles. The lowest BCUT2D eigenvalue weighted by atomic mass is 9.80. The monoisotopic (exact) mass is 493 g/mol. The van der Waals surface area contributed by atoms with Gasteiger partial charge in [0, 0.05) is 31.9 Å². The fourth-order valence-electron chi connectivity index (χ4n) is 4.03. The number of carbonyl (C=O) groups excluding carboxylic acids is 4. The van der Waals surface area contributed by atoms with Crippen molar-refractivity contribution in [2.45, 2.75) is 52.1 Å². The summed E-state index contributed by atoms with van der Waals surface area (Å²) in [7, 11) is 0. The average Bonchev–Trinajstić information content (AvgIpc) is 2.83. The van der Waals surface area contributed by atoms with Crippen molar-refractivity contribution in [2.75, 3.05) is 6.54 Å². The number of benzene rings is 2. The van der Waals surface area contributed by atoms with E-state index >= 15 is 0 Å². The van der Waals surface area contributed by atoms with Gasteiger partial charge in [-0.3, -0.25) is 19.2 Å². The molecule has 0 radical (unpaired) electrons. The van der Waals surface area contributed by atoms with Crippen LogP contribution in [0.25, 0.3) is 5.57 Å². The van der Waals surface area contributed by atoms with E-state index in [4.69, 9.17) is 15.2 Å². The van der Waals surface area contributed by atoms with Crippen molar-refractivity contribution in [1.29, 1.82) is 0 Å². The molecular weight excluding hydrogens is 462 g/mol. The highest BCUT2D eigenvalue weighted by atomic mass is 16.6. The van der Waals surface area contributed by atoms with Gasteiger partial charge < -0.3 is 25.8 Å². The highest BCUT2D eigenvalue weighted by Gasteiger charge is 2.28. The summed E-state index contributed by atoms with van der Waals surface area (Å²) in [6, 6.07) is 11.6. The molecule has 1 aliphatic rings. The Balaban J connectivity index is 1.97. The second kappa shape index (κ2) is 11.6. The highest BCUT2D eigenvalue weighted by Crippen LogP contribution is 2.43. The van der Waals surface area contributed by atoms with E-state index in [2.05, 4.69) is 16.7 Å². The van der Waals surface area contributed by atoms with Gasteiger partial charge in [-0.05, 0) is 43.0 Å². The number of allylic oxidation sites excluding steroid dienone is 1. The first-order valence-electron chi connectivity index (χ1n) is 11.7. The number of hydrogen-bond donors (Lipinski definition) is 3. The van der Waals surface area contributed by atoms with E-state index in [0.717, 1.165) is 16.7 Å². The summed E-state index contributed by atoms with van der Waals surface area (Å²) in [4.78, 5) is 48.1. The molecule has 1 unspecified atom stereocenters. The lowest BCUT2D eigenvalue weighted by Gasteiger charge is -2.27. The minimum absolute atomic E-state index is 0.0808. The molecule has 0 saturated heterocycles. The molecule has 2 aromatic carbocycles. The predicted octanol–water partition coefficient (Wildman–Crippen LogP) is 2.23. The zero-order valence-electron chi connectivity index (χ0n) is 20.8. The van der Waals surface area contributed by atoms with Crippen LogP contribution >= 0.6 is 0 Å². The summed E-state index contributed by atoms with van der Waals surface area (Å²) in [5, 5.41) is 5.44. The van der Waals surface area contributed by atoms with Crippen molar-refractivity contribution < 1.29 is 28.7 Å². The molecule has 4 N–H and O–H groups in total. The van der Waals surface area contributed by atoms with E-state index in [1.165, 1.54) is 20.8 Å². The minimum Gasteiger partial charge on any atom is -0.423 e. The molecule has 0 bridgehead atoms. The molecule has 3 atom stereocenters. The lowest BCUT2D eigenvalue weighted by Crippen LogP contribution is -2.49. The smallest absolute Gasteiger partial charge is 0.308 e. The number of rotatable bonds is 8. The predicted molar refractivity (Wildman–Crippen MR) is 134 cm³/mol. The first kappa shape index (κ1) is 26.6. The van der Waals surface area contributed by atoms with E-state index < -0.39 is 29.9 Å². The molecule has 3 rings (SSSR count). The summed E-state index contributed by atoms with van der Waals surface area (Å²) < 4.78 is 10.8. The SMILES string of the molecule is CC(=O)Oc1ccc2c(c1OC(C)=O)CC(c1ccccc1)C=C2CNC(=O)[C@H](C)NC(=O)[C@H](C)N. The van der Waals surface area contributed by atoms with Gasteiger partial charge in [-0.15, -0.1) is 0 Å². The molecule has 0 spiro atoms. The highest BCUT2D eigenvalue weighted by molar-refractivity contribution is 5.90. The van der Waals surface area contributed by atoms with Crippen LogP contribution in [0.3, 0.4) is 0 Å². The Morgan fingerprint density at radius 2 is 1.64 bits per heavy atom. The summed E-state index contributed by atoms with van der Waals surface area (Å²) >= 11 is 0. The van der Waals surface area contributed by atoms with Crippen LogP contribution in [0.5, 0.6) is 11.5 Å². The third-order valence-electron chi connectivity index (χ3n) is 5.74. The summed E-state index contributed by atoms with van der Waals surface area (Å²) in [5.41, 5.74) is 8.87. The molecular formula is C27H31N3O6. The van der Waals surface area contributed by atoms with Gasteiger partial charge in [0.2, 0.25) is 11.8 Å². The number of ether oxygens (including phenoxy) is 2. The van der Waals surface area contributed by atoms with Gasteiger partial charge in [-0.25, -0.2) is 0 Å². The van der Waals surface area contributed by atoms with Crippen LogP contribution in [0.2, 0.25) is 0 Å². The van der Waals surface area contributed by atoms with Crippen molar-refractivity contribution in [2.24, 2.45) is 5.73 Å². The molecule has 0 heterocycles. The summed E-state index contributed by atoms with van der Waals surface area (Å²) in [6.45, 7) is 5.84. The van der Waals surface area contributed by atoms with Gasteiger partial charge in [-0.2, -0.15) is 0 Å². The Hall–Kier alpha value is -3.98. The zero-order valence-corrected chi connectivity index (χ0v) is 20.8. The molecule has 190 valence electrons. The van der Waals surface area contributed by atoms with Crippen molar-refractivity contribution >= 4 is 29.3 Å². The first-order valence-corrected chi connectivity index (χ1v) is 11.7. The van der Waals surface area contributed by atoms with Crippen molar-refractivity contribution in [3.8, 4) is 11.5 Å². The maximum Gasteiger partial charge on any atom is 0.308 e. The Bertz CT molecular complexity index is 1190. The van der Waals surface area contributed by atoms with Crippen molar-refractivity contribution in [3.05, 3.63) is 65.2 Å². The Labute approximate surface area is 210 Å². The molecule has 1 aliphatic carbocycles. The maximum absolute atomic E-state index is 12.7. The number of hydrogen-bond acceptors (Lipinski definition) is 7. The molecule has 2 aromatic rings. The molecule has 2 amide bonds. The molecule has 0 saturated carbocycles. The average molecular weight is 494 g/mol.